The second kappa shape index (κ2) is 2.69. The molecule has 1 rings (SSSR count). The molecule has 0 aliphatic carbocycles. The normalized spacial score (nSPS) is 9.80. The van der Waals surface area contributed by atoms with Crippen molar-refractivity contribution in [1.29, 1.82) is 0 Å². The summed E-state index contributed by atoms with van der Waals surface area (Å²) in [6.07, 6.45) is 1.65. The Kier molecular flexibility index (Phi) is 1.90. The summed E-state index contributed by atoms with van der Waals surface area (Å²) in [5.41, 5.74) is 1.11. The number of aldehydes is 1. The third-order valence-electron chi connectivity index (χ3n) is 1.54. The summed E-state index contributed by atoms with van der Waals surface area (Å²) in [6, 6.07) is 1.78. The highest BCUT2D eigenvalue weighted by Gasteiger charge is 2.02. The molecule has 54 valence electrons. The first kappa shape index (κ1) is 7.06. The van der Waals surface area contributed by atoms with E-state index in [1.807, 2.05) is 13.8 Å². The number of carbonyl (C=O) groups excluding carboxylic acids is 1. The van der Waals surface area contributed by atoms with Gasteiger partial charge in [-0.2, -0.15) is 0 Å². The predicted molar refractivity (Wildman–Crippen MR) is 38.2 cm³/mol. The molecule has 10 heavy (non-hydrogen) atoms. The van der Waals surface area contributed by atoms with E-state index in [1.54, 1.807) is 6.07 Å². The number of aryl methyl sites for hydroxylation is 2. The highest BCUT2D eigenvalue weighted by Crippen LogP contribution is 2.12. The van der Waals surface area contributed by atoms with Crippen LogP contribution in [0.1, 0.15) is 28.8 Å². The van der Waals surface area contributed by atoms with Crippen molar-refractivity contribution in [2.45, 2.75) is 20.3 Å². The summed E-state index contributed by atoms with van der Waals surface area (Å²) in [7, 11) is 0. The predicted octanol–water partition coefficient (Wildman–Crippen LogP) is 1.96. The molecule has 0 bridgehead atoms. The van der Waals surface area contributed by atoms with Crippen molar-refractivity contribution in [2.75, 3.05) is 0 Å². The first-order valence-electron chi connectivity index (χ1n) is 3.32. The number of carbonyl (C=O) groups is 1. The minimum absolute atomic E-state index is 0.425. The molecule has 0 saturated heterocycles. The molecule has 2 heteroatoms. The summed E-state index contributed by atoms with van der Waals surface area (Å²) < 4.78 is 5.09. The SMILES string of the molecule is CCc1cc(C=O)oc1C. The van der Waals surface area contributed by atoms with Crippen LogP contribution in [0.2, 0.25) is 0 Å². The molecule has 0 amide bonds. The van der Waals surface area contributed by atoms with Crippen molar-refractivity contribution in [1.82, 2.24) is 0 Å². The van der Waals surface area contributed by atoms with Crippen LogP contribution >= 0.6 is 0 Å². The molecule has 0 aliphatic rings. The summed E-state index contributed by atoms with van der Waals surface area (Å²) in [5.74, 6) is 1.28. The summed E-state index contributed by atoms with van der Waals surface area (Å²) >= 11 is 0. The lowest BCUT2D eigenvalue weighted by atomic mass is 10.2. The lowest BCUT2D eigenvalue weighted by Gasteiger charge is -1.86. The van der Waals surface area contributed by atoms with E-state index in [4.69, 9.17) is 4.42 Å². The van der Waals surface area contributed by atoms with Gasteiger partial charge in [-0.25, -0.2) is 0 Å². The summed E-state index contributed by atoms with van der Waals surface area (Å²) in [6.45, 7) is 3.90. The maximum atomic E-state index is 10.2. The Labute approximate surface area is 59.8 Å². The van der Waals surface area contributed by atoms with Gasteiger partial charge in [-0.05, 0) is 25.0 Å². The molecule has 0 saturated carbocycles. The number of furan rings is 1. The van der Waals surface area contributed by atoms with Gasteiger partial charge in [-0.1, -0.05) is 6.92 Å². The van der Waals surface area contributed by atoms with Crippen LogP contribution in [0, 0.1) is 6.92 Å². The molecular formula is C8H10O2. The van der Waals surface area contributed by atoms with Crippen molar-refractivity contribution in [3.8, 4) is 0 Å². The zero-order valence-corrected chi connectivity index (χ0v) is 6.18. The zero-order valence-electron chi connectivity index (χ0n) is 6.18. The highest BCUT2D eigenvalue weighted by molar-refractivity contribution is 5.71. The van der Waals surface area contributed by atoms with Gasteiger partial charge in [0, 0.05) is 0 Å². The fourth-order valence-corrected chi connectivity index (χ4v) is 0.954. The van der Waals surface area contributed by atoms with Crippen LogP contribution in [0.25, 0.3) is 0 Å². The van der Waals surface area contributed by atoms with E-state index in [-0.39, 0.29) is 0 Å². The van der Waals surface area contributed by atoms with E-state index in [9.17, 15) is 4.79 Å². The Bertz CT molecular complexity index is 235. The van der Waals surface area contributed by atoms with Gasteiger partial charge in [-0.3, -0.25) is 4.79 Å². The number of hydrogen-bond donors (Lipinski definition) is 0. The van der Waals surface area contributed by atoms with E-state index in [0.717, 1.165) is 24.0 Å². The average molecular weight is 138 g/mol. The van der Waals surface area contributed by atoms with Crippen molar-refractivity contribution in [2.24, 2.45) is 0 Å². The van der Waals surface area contributed by atoms with Gasteiger partial charge < -0.3 is 4.42 Å². The van der Waals surface area contributed by atoms with Gasteiger partial charge in [0.15, 0.2) is 12.0 Å². The molecular weight excluding hydrogens is 128 g/mol. The quantitative estimate of drug-likeness (QED) is 0.585. The van der Waals surface area contributed by atoms with Crippen LogP contribution in [0.5, 0.6) is 0 Å². The Morgan fingerprint density at radius 2 is 2.40 bits per heavy atom. The van der Waals surface area contributed by atoms with Gasteiger partial charge in [0.1, 0.15) is 5.76 Å². The van der Waals surface area contributed by atoms with Gasteiger partial charge in [0.25, 0.3) is 0 Å². The van der Waals surface area contributed by atoms with Crippen molar-refractivity contribution in [3.63, 3.8) is 0 Å². The highest BCUT2D eigenvalue weighted by atomic mass is 16.3. The first-order valence-corrected chi connectivity index (χ1v) is 3.32. The second-order valence-corrected chi connectivity index (χ2v) is 2.20. The van der Waals surface area contributed by atoms with Crippen LogP contribution in [0.4, 0.5) is 0 Å². The molecule has 1 aromatic heterocycles. The minimum atomic E-state index is 0.425. The second-order valence-electron chi connectivity index (χ2n) is 2.20. The van der Waals surface area contributed by atoms with Gasteiger partial charge >= 0.3 is 0 Å². The van der Waals surface area contributed by atoms with E-state index in [1.165, 1.54) is 0 Å². The van der Waals surface area contributed by atoms with Gasteiger partial charge in [-0.15, -0.1) is 0 Å². The molecule has 0 unspecified atom stereocenters. The zero-order chi connectivity index (χ0) is 7.56. The van der Waals surface area contributed by atoms with Crippen molar-refractivity contribution < 1.29 is 9.21 Å². The van der Waals surface area contributed by atoms with Crippen molar-refractivity contribution in [3.05, 3.63) is 23.2 Å². The lowest BCUT2D eigenvalue weighted by molar-refractivity contribution is 0.109. The van der Waals surface area contributed by atoms with Crippen LogP contribution in [-0.4, -0.2) is 6.29 Å². The molecule has 1 aromatic rings. The first-order chi connectivity index (χ1) is 4.77. The topological polar surface area (TPSA) is 30.2 Å². The minimum Gasteiger partial charge on any atom is -0.458 e. The Balaban J connectivity index is 3.03. The molecule has 2 nitrogen and oxygen atoms in total. The molecule has 0 radical (unpaired) electrons. The fourth-order valence-electron chi connectivity index (χ4n) is 0.954. The van der Waals surface area contributed by atoms with Gasteiger partial charge in [0.2, 0.25) is 0 Å². The maximum Gasteiger partial charge on any atom is 0.185 e. The van der Waals surface area contributed by atoms with Crippen LogP contribution < -0.4 is 0 Å². The van der Waals surface area contributed by atoms with E-state index >= 15 is 0 Å². The number of rotatable bonds is 2. The number of hydrogen-bond acceptors (Lipinski definition) is 2. The molecule has 0 atom stereocenters. The van der Waals surface area contributed by atoms with Crippen LogP contribution in [0.3, 0.4) is 0 Å². The third-order valence-corrected chi connectivity index (χ3v) is 1.54. The van der Waals surface area contributed by atoms with Gasteiger partial charge in [0.05, 0.1) is 0 Å². The summed E-state index contributed by atoms with van der Waals surface area (Å²) in [4.78, 5) is 10.2. The molecule has 0 aliphatic heterocycles. The smallest absolute Gasteiger partial charge is 0.185 e. The average Bonchev–Trinajstić information content (AvgIpc) is 2.30. The Morgan fingerprint density at radius 3 is 2.70 bits per heavy atom. The molecule has 1 heterocycles. The lowest BCUT2D eigenvalue weighted by Crippen LogP contribution is -1.75. The molecule has 0 fully saturated rings. The van der Waals surface area contributed by atoms with Crippen molar-refractivity contribution >= 4 is 6.29 Å². The third kappa shape index (κ3) is 1.10. The molecule has 0 spiro atoms. The largest absolute Gasteiger partial charge is 0.458 e. The monoisotopic (exact) mass is 138 g/mol. The van der Waals surface area contributed by atoms with E-state index in [2.05, 4.69) is 0 Å². The van der Waals surface area contributed by atoms with Crippen LogP contribution in [0.15, 0.2) is 10.5 Å². The van der Waals surface area contributed by atoms with Crippen LogP contribution in [-0.2, 0) is 6.42 Å². The standard InChI is InChI=1S/C8H10O2/c1-3-7-4-8(5-9)10-6(7)2/h4-5H,3H2,1-2H3. The molecule has 0 N–H and O–H groups in total. The van der Waals surface area contributed by atoms with E-state index < -0.39 is 0 Å². The summed E-state index contributed by atoms with van der Waals surface area (Å²) in [5, 5.41) is 0. The molecule has 0 aromatic carbocycles. The fraction of sp³-hybridized carbons (Fsp3) is 0.375. The Hall–Kier alpha value is -1.05. The maximum absolute atomic E-state index is 10.2. The van der Waals surface area contributed by atoms with E-state index in [0.29, 0.717) is 5.76 Å². The Morgan fingerprint density at radius 1 is 1.70 bits per heavy atom.